The molecule has 0 spiro atoms. The van der Waals surface area contributed by atoms with Crippen molar-refractivity contribution >= 4 is 74.0 Å². The number of carbonyl (C=O) groups is 1. The quantitative estimate of drug-likeness (QED) is 0.434. The normalized spacial score (nSPS) is 19.3. The van der Waals surface area contributed by atoms with E-state index in [4.69, 9.17) is 40.5 Å². The van der Waals surface area contributed by atoms with E-state index in [-0.39, 0.29) is 11.3 Å². The van der Waals surface area contributed by atoms with Gasteiger partial charge in [0.2, 0.25) is 5.95 Å². The minimum Gasteiger partial charge on any atom is -0.368 e. The summed E-state index contributed by atoms with van der Waals surface area (Å²) in [6.07, 6.45) is 1.58. The first-order valence-electron chi connectivity index (χ1n) is 10.8. The maximum absolute atomic E-state index is 12.0. The number of nitrogens with zero attached hydrogens (tertiary/aromatic N) is 6. The molecule has 13 heteroatoms. The van der Waals surface area contributed by atoms with Gasteiger partial charge in [0, 0.05) is 55.1 Å². The Labute approximate surface area is 225 Å². The van der Waals surface area contributed by atoms with E-state index in [0.717, 1.165) is 42.0 Å². The molecule has 1 aliphatic carbocycles. The number of primary amides is 1. The van der Waals surface area contributed by atoms with E-state index >= 15 is 0 Å². The molecule has 5 rings (SSSR count). The first kappa shape index (κ1) is 24.6. The third-order valence-electron chi connectivity index (χ3n) is 6.29. The summed E-state index contributed by atoms with van der Waals surface area (Å²) in [4.78, 5) is 25.8. The van der Waals surface area contributed by atoms with Crippen LogP contribution >= 0.6 is 50.7 Å². The standard InChI is InChI=1S/C22H22BrCl3N8O/c1-32-5-7-34(8-6-32)14-4-3-11(9-13(14)23)29-21-28-10-12-16(30-21)18-15(22(25,26)19(12)24)17(20(27)35)31-33(18)2/h3-4,9-10,19H,5-8H2,1-2H3,(H2,27,35)(H,28,29,30). The van der Waals surface area contributed by atoms with Crippen LogP contribution in [0.3, 0.4) is 0 Å². The number of carbonyl (C=O) groups excluding carboxylic acids is 1. The van der Waals surface area contributed by atoms with Gasteiger partial charge in [-0.05, 0) is 41.2 Å². The van der Waals surface area contributed by atoms with Crippen molar-refractivity contribution in [2.24, 2.45) is 12.8 Å². The van der Waals surface area contributed by atoms with Crippen molar-refractivity contribution in [1.82, 2.24) is 24.6 Å². The van der Waals surface area contributed by atoms with Gasteiger partial charge >= 0.3 is 0 Å². The fraction of sp³-hybridized carbons (Fsp3) is 0.364. The number of piperazine rings is 1. The van der Waals surface area contributed by atoms with Crippen molar-refractivity contribution in [3.63, 3.8) is 0 Å². The number of hydrogen-bond acceptors (Lipinski definition) is 7. The lowest BCUT2D eigenvalue weighted by atomic mass is 9.91. The maximum atomic E-state index is 12.0. The van der Waals surface area contributed by atoms with E-state index in [1.807, 2.05) is 12.1 Å². The Morgan fingerprint density at radius 3 is 2.60 bits per heavy atom. The molecule has 3 heterocycles. The smallest absolute Gasteiger partial charge is 0.269 e. The predicted molar refractivity (Wildman–Crippen MR) is 142 cm³/mol. The second-order valence-electron chi connectivity index (χ2n) is 8.62. The number of halogens is 4. The van der Waals surface area contributed by atoms with Crippen LogP contribution in [0.25, 0.3) is 11.4 Å². The van der Waals surface area contributed by atoms with E-state index in [9.17, 15) is 4.79 Å². The highest BCUT2D eigenvalue weighted by Gasteiger charge is 2.49. The molecule has 1 aliphatic heterocycles. The van der Waals surface area contributed by atoms with Crippen molar-refractivity contribution in [2.45, 2.75) is 9.71 Å². The molecule has 1 saturated heterocycles. The van der Waals surface area contributed by atoms with E-state index in [1.54, 1.807) is 13.2 Å². The zero-order chi connectivity index (χ0) is 25.1. The molecule has 0 radical (unpaired) electrons. The van der Waals surface area contributed by atoms with Crippen LogP contribution in [0.15, 0.2) is 28.9 Å². The van der Waals surface area contributed by atoms with Gasteiger partial charge in [0.25, 0.3) is 5.91 Å². The fourth-order valence-electron chi connectivity index (χ4n) is 4.45. The molecule has 1 amide bonds. The van der Waals surface area contributed by atoms with Crippen LogP contribution in [-0.2, 0) is 11.4 Å². The number of rotatable bonds is 4. The third kappa shape index (κ3) is 4.25. The first-order valence-corrected chi connectivity index (χ1v) is 12.8. The lowest BCUT2D eigenvalue weighted by Crippen LogP contribution is -2.44. The molecule has 3 aromatic rings. The zero-order valence-electron chi connectivity index (χ0n) is 18.9. The van der Waals surface area contributed by atoms with E-state index in [2.05, 4.69) is 59.2 Å². The molecule has 3 N–H and O–H groups in total. The fourth-order valence-corrected chi connectivity index (χ4v) is 5.94. The van der Waals surface area contributed by atoms with Gasteiger partial charge in [0.15, 0.2) is 10.0 Å². The van der Waals surface area contributed by atoms with E-state index in [1.165, 1.54) is 4.68 Å². The van der Waals surface area contributed by atoms with E-state index in [0.29, 0.717) is 22.9 Å². The Kier molecular flexibility index (Phi) is 6.38. The molecule has 2 aromatic heterocycles. The summed E-state index contributed by atoms with van der Waals surface area (Å²) in [7, 11) is 3.80. The number of benzene rings is 1. The molecule has 9 nitrogen and oxygen atoms in total. The summed E-state index contributed by atoms with van der Waals surface area (Å²) in [5.74, 6) is -0.408. The molecule has 184 valence electrons. The largest absolute Gasteiger partial charge is 0.368 e. The second-order valence-corrected chi connectivity index (χ2v) is 11.3. The summed E-state index contributed by atoms with van der Waals surface area (Å²) < 4.78 is 0.819. The zero-order valence-corrected chi connectivity index (χ0v) is 22.7. The number of nitrogens with two attached hydrogens (primary N) is 1. The van der Waals surface area contributed by atoms with E-state index < -0.39 is 15.6 Å². The molecule has 1 unspecified atom stereocenters. The van der Waals surface area contributed by atoms with Gasteiger partial charge in [0.05, 0.1) is 28.0 Å². The summed E-state index contributed by atoms with van der Waals surface area (Å²) in [5.41, 5.74) is 9.14. The molecule has 35 heavy (non-hydrogen) atoms. The lowest BCUT2D eigenvalue weighted by molar-refractivity contribution is 0.0993. The van der Waals surface area contributed by atoms with Crippen LogP contribution < -0.4 is 16.0 Å². The molecule has 1 aromatic carbocycles. The number of aryl methyl sites for hydroxylation is 1. The van der Waals surface area contributed by atoms with Crippen LogP contribution in [-0.4, -0.2) is 63.8 Å². The van der Waals surface area contributed by atoms with Crippen LogP contribution in [0, 0.1) is 0 Å². The number of hydrogen-bond donors (Lipinski definition) is 2. The summed E-state index contributed by atoms with van der Waals surface area (Å²) in [6.45, 7) is 3.99. The van der Waals surface area contributed by atoms with Crippen LogP contribution in [0.1, 0.15) is 27.0 Å². The average molecular weight is 601 g/mol. The van der Waals surface area contributed by atoms with Crippen LogP contribution in [0.4, 0.5) is 17.3 Å². The van der Waals surface area contributed by atoms with Crippen molar-refractivity contribution in [1.29, 1.82) is 0 Å². The Bertz CT molecular complexity index is 1320. The SMILES string of the molecule is CN1CCN(c2ccc(Nc3ncc4c(n3)-c3c(c(C(N)=O)nn3C)C(Cl)(Cl)C4Cl)cc2Br)CC1. The van der Waals surface area contributed by atoms with Gasteiger partial charge in [-0.15, -0.1) is 11.6 Å². The lowest BCUT2D eigenvalue weighted by Gasteiger charge is -2.34. The van der Waals surface area contributed by atoms with Gasteiger partial charge in [0.1, 0.15) is 0 Å². The Morgan fingerprint density at radius 2 is 1.94 bits per heavy atom. The predicted octanol–water partition coefficient (Wildman–Crippen LogP) is 4.16. The van der Waals surface area contributed by atoms with Gasteiger partial charge in [-0.3, -0.25) is 9.48 Å². The van der Waals surface area contributed by atoms with Crippen LogP contribution in [0.5, 0.6) is 0 Å². The highest BCUT2D eigenvalue weighted by atomic mass is 79.9. The topological polar surface area (TPSA) is 105 Å². The molecule has 0 saturated carbocycles. The number of aromatic nitrogens is 4. The Hall–Kier alpha value is -2.11. The van der Waals surface area contributed by atoms with Crippen molar-refractivity contribution in [2.75, 3.05) is 43.4 Å². The number of amides is 1. The highest BCUT2D eigenvalue weighted by molar-refractivity contribution is 9.10. The minimum absolute atomic E-state index is 0.0413. The number of nitrogens with one attached hydrogen (secondary N) is 1. The summed E-state index contributed by atoms with van der Waals surface area (Å²) in [5, 5.41) is 6.55. The Morgan fingerprint density at radius 1 is 1.23 bits per heavy atom. The van der Waals surface area contributed by atoms with Gasteiger partial charge in [-0.2, -0.15) is 5.10 Å². The monoisotopic (exact) mass is 598 g/mol. The summed E-state index contributed by atoms with van der Waals surface area (Å²) >= 11 is 23.5. The molecule has 1 fully saturated rings. The van der Waals surface area contributed by atoms with Gasteiger partial charge < -0.3 is 20.9 Å². The molecular formula is C22H22BrCl3N8O. The Balaban J connectivity index is 1.48. The summed E-state index contributed by atoms with van der Waals surface area (Å²) in [6, 6.07) is 6.04. The van der Waals surface area contributed by atoms with Crippen LogP contribution in [0.2, 0.25) is 0 Å². The number of fused-ring (bicyclic) bond motifs is 3. The maximum Gasteiger partial charge on any atom is 0.269 e. The number of anilines is 3. The van der Waals surface area contributed by atoms with Crippen molar-refractivity contribution in [3.05, 3.63) is 45.7 Å². The minimum atomic E-state index is -1.63. The van der Waals surface area contributed by atoms with Gasteiger partial charge in [-0.1, -0.05) is 23.2 Å². The highest BCUT2D eigenvalue weighted by Crippen LogP contribution is 2.57. The number of likely N-dealkylation sites (N-methyl/N-ethyl adjacent to an activating group) is 1. The van der Waals surface area contributed by atoms with Gasteiger partial charge in [-0.25, -0.2) is 9.97 Å². The molecule has 1 atom stereocenters. The first-order chi connectivity index (χ1) is 16.6. The molecule has 2 aliphatic rings. The number of alkyl halides is 3. The van der Waals surface area contributed by atoms with Crippen molar-refractivity contribution in [3.8, 4) is 11.4 Å². The molecule has 0 bridgehead atoms. The molecular weight excluding hydrogens is 579 g/mol. The van der Waals surface area contributed by atoms with Crippen molar-refractivity contribution < 1.29 is 4.79 Å². The average Bonchev–Trinajstić information content (AvgIpc) is 3.17. The third-order valence-corrected chi connectivity index (χ3v) is 8.53. The second kappa shape index (κ2) is 9.08.